The summed E-state index contributed by atoms with van der Waals surface area (Å²) in [4.78, 5) is 0. The van der Waals surface area contributed by atoms with Crippen molar-refractivity contribution in [3.05, 3.63) is 23.3 Å². The molecule has 0 amide bonds. The molecule has 1 radical (unpaired) electrons. The predicted octanol–water partition coefficient (Wildman–Crippen LogP) is -6.51. The van der Waals surface area contributed by atoms with Crippen LogP contribution in [-0.4, -0.2) is 0 Å². The van der Waals surface area contributed by atoms with Crippen molar-refractivity contribution in [2.24, 2.45) is 0 Å². The first kappa shape index (κ1) is 23.1. The third kappa shape index (κ3) is 6.45. The van der Waals surface area contributed by atoms with Crippen molar-refractivity contribution >= 4 is 0 Å². The maximum atomic E-state index is 3.18. The predicted molar refractivity (Wildman–Crippen MR) is 35.4 cm³/mol. The van der Waals surface area contributed by atoms with Gasteiger partial charge in [0.1, 0.15) is 0 Å². The first-order valence-corrected chi connectivity index (χ1v) is 3.11. The van der Waals surface area contributed by atoms with Crippen LogP contribution in [0.3, 0.4) is 0 Å². The second-order valence-corrected chi connectivity index (χ2v) is 2.13. The number of halogens is 3. The Balaban J connectivity index is -0.0000000800. The van der Waals surface area contributed by atoms with Crippen molar-refractivity contribution in [2.45, 2.75) is 26.7 Å². The SMILES string of the molecule is CCC1=C(C)[C-]=CC1.[Cl-].[Cl-].[Cl-].[V+4]. The van der Waals surface area contributed by atoms with E-state index in [0.29, 0.717) is 0 Å². The van der Waals surface area contributed by atoms with Crippen LogP contribution in [0.2, 0.25) is 0 Å². The molecule has 0 atom stereocenters. The van der Waals surface area contributed by atoms with Crippen LogP contribution >= 0.6 is 0 Å². The van der Waals surface area contributed by atoms with Crippen LogP contribution in [0.1, 0.15) is 26.7 Å². The molecular formula is C8H11Cl3V. The summed E-state index contributed by atoms with van der Waals surface area (Å²) in [5.41, 5.74) is 2.90. The summed E-state index contributed by atoms with van der Waals surface area (Å²) < 4.78 is 0. The van der Waals surface area contributed by atoms with Gasteiger partial charge in [-0.1, -0.05) is 20.3 Å². The van der Waals surface area contributed by atoms with Crippen molar-refractivity contribution in [2.75, 3.05) is 0 Å². The summed E-state index contributed by atoms with van der Waals surface area (Å²) in [6.45, 7) is 4.32. The molecule has 4 heteroatoms. The van der Waals surface area contributed by atoms with E-state index in [1.165, 1.54) is 12.0 Å². The van der Waals surface area contributed by atoms with Gasteiger partial charge in [0.15, 0.2) is 0 Å². The summed E-state index contributed by atoms with van der Waals surface area (Å²) in [7, 11) is 0. The molecule has 0 unspecified atom stereocenters. The largest absolute Gasteiger partial charge is 4.00 e. The Kier molecular flexibility index (Phi) is 23.0. The maximum Gasteiger partial charge on any atom is 4.00 e. The van der Waals surface area contributed by atoms with Crippen LogP contribution in [0.4, 0.5) is 0 Å². The summed E-state index contributed by atoms with van der Waals surface area (Å²) in [5.74, 6) is 0. The van der Waals surface area contributed by atoms with Crippen LogP contribution in [0.25, 0.3) is 0 Å². The Labute approximate surface area is 105 Å². The van der Waals surface area contributed by atoms with Crippen molar-refractivity contribution in [3.63, 3.8) is 0 Å². The Hall–Kier alpha value is 0.934. The Morgan fingerprint density at radius 1 is 1.33 bits per heavy atom. The van der Waals surface area contributed by atoms with Gasteiger partial charge in [0.2, 0.25) is 0 Å². The molecule has 0 aromatic carbocycles. The summed E-state index contributed by atoms with van der Waals surface area (Å²) in [6.07, 6.45) is 7.61. The molecule has 0 bridgehead atoms. The van der Waals surface area contributed by atoms with Gasteiger partial charge in [0, 0.05) is 0 Å². The third-order valence-corrected chi connectivity index (χ3v) is 1.62. The number of rotatable bonds is 1. The average Bonchev–Trinajstić information content (AvgIpc) is 2.14. The van der Waals surface area contributed by atoms with Crippen LogP contribution in [0.15, 0.2) is 17.2 Å². The zero-order chi connectivity index (χ0) is 5.98. The van der Waals surface area contributed by atoms with Gasteiger partial charge in [-0.3, -0.25) is 6.08 Å². The topological polar surface area (TPSA) is 0 Å². The molecule has 1 rings (SSSR count). The summed E-state index contributed by atoms with van der Waals surface area (Å²) >= 11 is 0. The standard InChI is InChI=1S/C8H11.3ClH.V/c1-3-8-6-4-5-7(8)2;;;;/h4H,3,6H2,1-2H3;3*1H;/q-1;;;;+4/p-3. The molecular weight excluding hydrogens is 253 g/mol. The van der Waals surface area contributed by atoms with Gasteiger partial charge in [-0.2, -0.15) is 6.08 Å². The third-order valence-electron chi connectivity index (χ3n) is 1.62. The van der Waals surface area contributed by atoms with Crippen LogP contribution in [0, 0.1) is 6.08 Å². The van der Waals surface area contributed by atoms with Crippen LogP contribution in [0.5, 0.6) is 0 Å². The Morgan fingerprint density at radius 2 is 1.83 bits per heavy atom. The van der Waals surface area contributed by atoms with E-state index in [4.69, 9.17) is 0 Å². The van der Waals surface area contributed by atoms with E-state index in [0.717, 1.165) is 6.42 Å². The van der Waals surface area contributed by atoms with Crippen LogP contribution in [-0.2, 0) is 18.6 Å². The van der Waals surface area contributed by atoms with E-state index in [2.05, 4.69) is 26.0 Å². The molecule has 0 spiro atoms. The fourth-order valence-corrected chi connectivity index (χ4v) is 0.992. The molecule has 0 fully saturated rings. The first-order valence-electron chi connectivity index (χ1n) is 3.11. The zero-order valence-electron chi connectivity index (χ0n) is 7.07. The minimum absolute atomic E-state index is 0. The van der Waals surface area contributed by atoms with E-state index >= 15 is 0 Å². The number of hydrogen-bond acceptors (Lipinski definition) is 0. The quantitative estimate of drug-likeness (QED) is 0.413. The average molecular weight is 264 g/mol. The van der Waals surface area contributed by atoms with Gasteiger partial charge >= 0.3 is 18.6 Å². The van der Waals surface area contributed by atoms with Crippen molar-refractivity contribution < 1.29 is 55.8 Å². The molecule has 0 aliphatic heterocycles. The van der Waals surface area contributed by atoms with E-state index in [1.54, 1.807) is 5.57 Å². The van der Waals surface area contributed by atoms with E-state index in [-0.39, 0.29) is 55.8 Å². The normalized spacial score (nSPS) is 12.2. The molecule has 0 nitrogen and oxygen atoms in total. The van der Waals surface area contributed by atoms with Gasteiger partial charge < -0.3 is 37.2 Å². The molecule has 0 aromatic rings. The van der Waals surface area contributed by atoms with Gasteiger partial charge in [0.05, 0.1) is 0 Å². The molecule has 1 aliphatic carbocycles. The first-order chi connectivity index (χ1) is 3.84. The van der Waals surface area contributed by atoms with Crippen molar-refractivity contribution in [3.8, 4) is 0 Å². The van der Waals surface area contributed by atoms with Gasteiger partial charge in [-0.05, 0) is 0 Å². The van der Waals surface area contributed by atoms with E-state index in [1.807, 2.05) is 0 Å². The number of allylic oxidation sites excluding steroid dienone is 4. The van der Waals surface area contributed by atoms with Crippen molar-refractivity contribution in [1.82, 2.24) is 0 Å². The molecule has 12 heavy (non-hydrogen) atoms. The second-order valence-electron chi connectivity index (χ2n) is 2.13. The Morgan fingerprint density at radius 3 is 2.00 bits per heavy atom. The minimum atomic E-state index is 0. The van der Waals surface area contributed by atoms with Gasteiger partial charge in [0.25, 0.3) is 0 Å². The maximum absolute atomic E-state index is 3.18. The molecule has 69 valence electrons. The summed E-state index contributed by atoms with van der Waals surface area (Å²) in [5, 5.41) is 0. The molecule has 1 aliphatic rings. The van der Waals surface area contributed by atoms with Crippen LogP contribution < -0.4 is 37.2 Å². The van der Waals surface area contributed by atoms with Gasteiger partial charge in [-0.25, -0.2) is 11.1 Å². The minimum Gasteiger partial charge on any atom is -1.00 e. The number of hydrogen-bond donors (Lipinski definition) is 0. The fourth-order valence-electron chi connectivity index (χ4n) is 0.992. The smallest absolute Gasteiger partial charge is 1.00 e. The second kappa shape index (κ2) is 11.9. The zero-order valence-corrected chi connectivity index (χ0v) is 10.7. The molecule has 0 heterocycles. The molecule has 0 saturated carbocycles. The molecule has 0 saturated heterocycles. The molecule has 0 aromatic heterocycles. The van der Waals surface area contributed by atoms with E-state index in [9.17, 15) is 0 Å². The van der Waals surface area contributed by atoms with Gasteiger partial charge in [-0.15, -0.1) is 6.42 Å². The van der Waals surface area contributed by atoms with E-state index < -0.39 is 0 Å². The summed E-state index contributed by atoms with van der Waals surface area (Å²) in [6, 6.07) is 0. The fraction of sp³-hybridized carbons (Fsp3) is 0.500. The molecule has 0 N–H and O–H groups in total. The monoisotopic (exact) mass is 263 g/mol. The van der Waals surface area contributed by atoms with Crippen molar-refractivity contribution in [1.29, 1.82) is 0 Å². The Bertz CT molecular complexity index is 152.